The summed E-state index contributed by atoms with van der Waals surface area (Å²) in [4.78, 5) is 20.0. The molecule has 0 aliphatic carbocycles. The molecule has 0 atom stereocenters. The quantitative estimate of drug-likeness (QED) is 0.797. The number of para-hydroxylation sites is 1. The number of imidazole rings is 1. The van der Waals surface area contributed by atoms with Crippen molar-refractivity contribution in [2.24, 2.45) is 0 Å². The number of aromatic carboxylic acids is 1. The van der Waals surface area contributed by atoms with E-state index in [-0.39, 0.29) is 5.56 Å². The molecule has 108 valence electrons. The minimum Gasteiger partial charge on any atom is -0.478 e. The molecule has 0 aliphatic heterocycles. The third kappa shape index (κ3) is 2.29. The van der Waals surface area contributed by atoms with Crippen molar-refractivity contribution in [1.29, 1.82) is 0 Å². The third-order valence-electron chi connectivity index (χ3n) is 3.43. The van der Waals surface area contributed by atoms with E-state index in [0.29, 0.717) is 23.5 Å². The van der Waals surface area contributed by atoms with Gasteiger partial charge in [0.25, 0.3) is 0 Å². The Labute approximate surface area is 121 Å². The van der Waals surface area contributed by atoms with Gasteiger partial charge in [0.05, 0.1) is 22.8 Å². The van der Waals surface area contributed by atoms with E-state index in [1.165, 1.54) is 0 Å². The number of carboxylic acids is 1. The van der Waals surface area contributed by atoms with Crippen LogP contribution < -0.4 is 0 Å². The van der Waals surface area contributed by atoms with Crippen molar-refractivity contribution in [1.82, 2.24) is 14.5 Å². The summed E-state index contributed by atoms with van der Waals surface area (Å²) in [7, 11) is 0. The fourth-order valence-corrected chi connectivity index (χ4v) is 2.39. The normalized spacial score (nSPS) is 11.1. The van der Waals surface area contributed by atoms with Crippen LogP contribution in [-0.2, 0) is 13.0 Å². The van der Waals surface area contributed by atoms with Crippen molar-refractivity contribution in [2.75, 3.05) is 0 Å². The maximum absolute atomic E-state index is 11.4. The van der Waals surface area contributed by atoms with Crippen molar-refractivity contribution < 1.29 is 14.3 Å². The van der Waals surface area contributed by atoms with Crippen molar-refractivity contribution in [3.05, 3.63) is 47.4 Å². The number of carbonyl (C=O) groups is 1. The van der Waals surface area contributed by atoms with Crippen LogP contribution in [0.2, 0.25) is 0 Å². The van der Waals surface area contributed by atoms with Gasteiger partial charge in [-0.1, -0.05) is 13.0 Å². The summed E-state index contributed by atoms with van der Waals surface area (Å²) in [6, 6.07) is 5.08. The van der Waals surface area contributed by atoms with E-state index in [9.17, 15) is 9.90 Å². The maximum atomic E-state index is 11.4. The highest BCUT2D eigenvalue weighted by atomic mass is 16.4. The first kappa shape index (κ1) is 13.4. The zero-order chi connectivity index (χ0) is 15.0. The molecule has 0 saturated heterocycles. The summed E-state index contributed by atoms with van der Waals surface area (Å²) < 4.78 is 7.43. The molecule has 21 heavy (non-hydrogen) atoms. The Morgan fingerprint density at radius 2 is 2.24 bits per heavy atom. The number of nitrogens with zero attached hydrogens (tertiary/aromatic N) is 3. The molecule has 1 aromatic carbocycles. The summed E-state index contributed by atoms with van der Waals surface area (Å²) in [5.41, 5.74) is 1.49. The van der Waals surface area contributed by atoms with Crippen LogP contribution in [0, 0.1) is 6.92 Å². The number of aromatic nitrogens is 3. The zero-order valence-corrected chi connectivity index (χ0v) is 11.8. The second kappa shape index (κ2) is 5.05. The zero-order valence-electron chi connectivity index (χ0n) is 11.8. The van der Waals surface area contributed by atoms with E-state index in [4.69, 9.17) is 4.42 Å². The highest BCUT2D eigenvalue weighted by Gasteiger charge is 2.17. The van der Waals surface area contributed by atoms with Crippen molar-refractivity contribution >= 4 is 17.0 Å². The molecule has 0 unspecified atom stereocenters. The Balaban J connectivity index is 2.12. The van der Waals surface area contributed by atoms with E-state index in [0.717, 1.165) is 18.0 Å². The molecule has 0 fully saturated rings. The smallest absolute Gasteiger partial charge is 0.337 e. The molecule has 3 rings (SSSR count). The molecule has 3 aromatic rings. The van der Waals surface area contributed by atoms with Crippen molar-refractivity contribution in [3.8, 4) is 0 Å². The Bertz CT molecular complexity index is 817. The number of oxazole rings is 1. The lowest BCUT2D eigenvalue weighted by atomic mass is 10.2. The highest BCUT2D eigenvalue weighted by molar-refractivity contribution is 6.01. The molecular weight excluding hydrogens is 270 g/mol. The van der Waals surface area contributed by atoms with Gasteiger partial charge in [-0.25, -0.2) is 14.8 Å². The summed E-state index contributed by atoms with van der Waals surface area (Å²) in [5, 5.41) is 9.34. The van der Waals surface area contributed by atoms with Gasteiger partial charge < -0.3 is 14.1 Å². The Morgan fingerprint density at radius 1 is 1.43 bits per heavy atom. The van der Waals surface area contributed by atoms with E-state index >= 15 is 0 Å². The van der Waals surface area contributed by atoms with Crippen LogP contribution in [0.4, 0.5) is 0 Å². The average Bonchev–Trinajstić information content (AvgIpc) is 3.04. The van der Waals surface area contributed by atoms with Gasteiger partial charge in [-0.2, -0.15) is 0 Å². The fraction of sp³-hybridized carbons (Fsp3) is 0.267. The molecular formula is C15H15N3O3. The Hall–Kier alpha value is -2.63. The molecule has 6 nitrogen and oxygen atoms in total. The number of hydrogen-bond acceptors (Lipinski definition) is 4. The molecule has 0 radical (unpaired) electrons. The van der Waals surface area contributed by atoms with Crippen molar-refractivity contribution in [3.63, 3.8) is 0 Å². The van der Waals surface area contributed by atoms with Crippen LogP contribution in [0.25, 0.3) is 11.0 Å². The monoisotopic (exact) mass is 285 g/mol. The van der Waals surface area contributed by atoms with Gasteiger partial charge >= 0.3 is 5.97 Å². The van der Waals surface area contributed by atoms with Crippen LogP contribution in [-0.4, -0.2) is 25.6 Å². The molecule has 2 aromatic heterocycles. The number of carboxylic acid groups (broad SMARTS) is 1. The van der Waals surface area contributed by atoms with E-state index < -0.39 is 5.97 Å². The minimum atomic E-state index is -0.969. The molecule has 6 heteroatoms. The lowest BCUT2D eigenvalue weighted by molar-refractivity contribution is 0.0698. The summed E-state index contributed by atoms with van der Waals surface area (Å²) in [6.45, 7) is 4.20. The number of aryl methyl sites for hydroxylation is 2. The second-order valence-corrected chi connectivity index (χ2v) is 4.80. The maximum Gasteiger partial charge on any atom is 0.337 e. The number of fused-ring (bicyclic) bond motifs is 1. The van der Waals surface area contributed by atoms with Crippen molar-refractivity contribution in [2.45, 2.75) is 26.8 Å². The van der Waals surface area contributed by atoms with Crippen LogP contribution in [0.5, 0.6) is 0 Å². The molecule has 2 heterocycles. The van der Waals surface area contributed by atoms with Gasteiger partial charge in [-0.3, -0.25) is 0 Å². The highest BCUT2D eigenvalue weighted by Crippen LogP contribution is 2.22. The topological polar surface area (TPSA) is 81.2 Å². The second-order valence-electron chi connectivity index (χ2n) is 4.80. The first-order chi connectivity index (χ1) is 10.1. The molecule has 1 N–H and O–H groups in total. The van der Waals surface area contributed by atoms with Gasteiger partial charge in [0, 0.05) is 6.42 Å². The van der Waals surface area contributed by atoms with E-state index in [1.54, 1.807) is 24.4 Å². The first-order valence-corrected chi connectivity index (χ1v) is 6.73. The summed E-state index contributed by atoms with van der Waals surface area (Å²) in [6.07, 6.45) is 2.47. The first-order valence-electron chi connectivity index (χ1n) is 6.73. The largest absolute Gasteiger partial charge is 0.478 e. The van der Waals surface area contributed by atoms with Gasteiger partial charge in [0.2, 0.25) is 5.89 Å². The predicted molar refractivity (Wildman–Crippen MR) is 76.4 cm³/mol. The average molecular weight is 285 g/mol. The number of hydrogen-bond donors (Lipinski definition) is 1. The Kier molecular flexibility index (Phi) is 3.21. The van der Waals surface area contributed by atoms with Crippen LogP contribution in [0.3, 0.4) is 0 Å². The van der Waals surface area contributed by atoms with Crippen LogP contribution in [0.1, 0.15) is 34.8 Å². The lowest BCUT2D eigenvalue weighted by Gasteiger charge is -2.06. The summed E-state index contributed by atoms with van der Waals surface area (Å²) >= 11 is 0. The molecule has 0 spiro atoms. The predicted octanol–water partition coefficient (Wildman–Crippen LogP) is 2.64. The Morgan fingerprint density at radius 3 is 2.90 bits per heavy atom. The van der Waals surface area contributed by atoms with Crippen LogP contribution in [0.15, 0.2) is 28.8 Å². The molecule has 0 bridgehead atoms. The SMILES string of the molecule is CCc1cnc(Cn2c(C)nc3cccc(C(=O)O)c32)o1. The summed E-state index contributed by atoms with van der Waals surface area (Å²) in [5.74, 6) is 1.12. The van der Waals surface area contributed by atoms with Crippen LogP contribution >= 0.6 is 0 Å². The number of benzene rings is 1. The standard InChI is InChI=1S/C15H15N3O3/c1-3-10-7-16-13(21-10)8-18-9(2)17-12-6-4-5-11(14(12)18)15(19)20/h4-7H,3,8H2,1-2H3,(H,19,20). The third-order valence-corrected chi connectivity index (χ3v) is 3.43. The minimum absolute atomic E-state index is 0.232. The lowest BCUT2D eigenvalue weighted by Crippen LogP contribution is -2.06. The molecule has 0 amide bonds. The van der Waals surface area contributed by atoms with Gasteiger partial charge in [-0.05, 0) is 19.1 Å². The van der Waals surface area contributed by atoms with Gasteiger partial charge in [-0.15, -0.1) is 0 Å². The molecule has 0 saturated carbocycles. The van der Waals surface area contributed by atoms with E-state index in [1.807, 2.05) is 18.4 Å². The van der Waals surface area contributed by atoms with Gasteiger partial charge in [0.1, 0.15) is 18.1 Å². The molecule has 0 aliphatic rings. The number of rotatable bonds is 4. The van der Waals surface area contributed by atoms with E-state index in [2.05, 4.69) is 9.97 Å². The van der Waals surface area contributed by atoms with Gasteiger partial charge in [0.15, 0.2) is 0 Å². The fourth-order valence-electron chi connectivity index (χ4n) is 2.39.